The molecule has 0 heterocycles. The van der Waals surface area contributed by atoms with E-state index in [1.54, 1.807) is 0 Å². The van der Waals surface area contributed by atoms with E-state index in [1.807, 2.05) is 6.07 Å². The molecule has 0 bridgehead atoms. The van der Waals surface area contributed by atoms with Crippen molar-refractivity contribution in [1.29, 1.82) is 0 Å². The van der Waals surface area contributed by atoms with E-state index in [9.17, 15) is 0 Å². The summed E-state index contributed by atoms with van der Waals surface area (Å²) < 4.78 is 0. The fourth-order valence-corrected chi connectivity index (χ4v) is 2.06. The monoisotopic (exact) mass is 250 g/mol. The third-order valence-electron chi connectivity index (χ3n) is 2.97. The molecule has 0 radical (unpaired) electrons. The molecule has 0 saturated heterocycles. The first kappa shape index (κ1) is 14.0. The Bertz CT molecular complexity index is 359. The molecule has 17 heavy (non-hydrogen) atoms. The van der Waals surface area contributed by atoms with Crippen molar-refractivity contribution < 1.29 is 0 Å². The van der Waals surface area contributed by atoms with Gasteiger partial charge in [-0.2, -0.15) is 0 Å². The maximum atomic E-state index is 5.33. The maximum Gasteiger partial charge on any atom is 0.171 e. The van der Waals surface area contributed by atoms with Gasteiger partial charge >= 0.3 is 0 Å². The smallest absolute Gasteiger partial charge is 0.171 e. The summed E-state index contributed by atoms with van der Waals surface area (Å²) in [7, 11) is 0. The van der Waals surface area contributed by atoms with Gasteiger partial charge in [0, 0.05) is 11.7 Å². The molecule has 1 aromatic carbocycles. The molecule has 0 amide bonds. The zero-order chi connectivity index (χ0) is 12.7. The summed E-state index contributed by atoms with van der Waals surface area (Å²) in [5.74, 6) is 0. The lowest BCUT2D eigenvalue weighted by molar-refractivity contribution is 0.573. The van der Waals surface area contributed by atoms with Crippen LogP contribution in [0.1, 0.15) is 39.2 Å². The molecular formula is C14H22N2S. The van der Waals surface area contributed by atoms with Crippen LogP contribution in [0, 0.1) is 0 Å². The first-order chi connectivity index (χ1) is 8.21. The van der Waals surface area contributed by atoms with Crippen LogP contribution in [0.15, 0.2) is 24.3 Å². The van der Waals surface area contributed by atoms with Gasteiger partial charge in [0.1, 0.15) is 0 Å². The summed E-state index contributed by atoms with van der Waals surface area (Å²) in [5, 5.41) is 7.34. The number of aryl methyl sites for hydroxylation is 1. The normalized spacial score (nSPS) is 10.4. The van der Waals surface area contributed by atoms with Crippen molar-refractivity contribution in [2.45, 2.75) is 46.1 Å². The lowest BCUT2D eigenvalue weighted by atomic mass is 10.1. The van der Waals surface area contributed by atoms with E-state index < -0.39 is 0 Å². The molecule has 0 aromatic heterocycles. The Morgan fingerprint density at radius 1 is 1.18 bits per heavy atom. The molecule has 94 valence electrons. The SMILES string of the molecule is CCc1ccccc1NC(=S)NC(CC)CC. The number of para-hydroxylation sites is 1. The van der Waals surface area contributed by atoms with Gasteiger partial charge < -0.3 is 10.6 Å². The van der Waals surface area contributed by atoms with Gasteiger partial charge in [0.2, 0.25) is 0 Å². The van der Waals surface area contributed by atoms with Crippen molar-refractivity contribution in [3.63, 3.8) is 0 Å². The number of thiocarbonyl (C=S) groups is 1. The highest BCUT2D eigenvalue weighted by Crippen LogP contribution is 2.15. The molecule has 1 aromatic rings. The van der Waals surface area contributed by atoms with E-state index >= 15 is 0 Å². The highest BCUT2D eigenvalue weighted by atomic mass is 32.1. The van der Waals surface area contributed by atoms with Crippen molar-refractivity contribution in [3.05, 3.63) is 29.8 Å². The van der Waals surface area contributed by atoms with Gasteiger partial charge in [-0.15, -0.1) is 0 Å². The lowest BCUT2D eigenvalue weighted by Crippen LogP contribution is -2.37. The predicted molar refractivity (Wildman–Crippen MR) is 79.5 cm³/mol. The van der Waals surface area contributed by atoms with Crippen LogP contribution in [0.2, 0.25) is 0 Å². The molecule has 0 spiro atoms. The topological polar surface area (TPSA) is 24.1 Å². The Morgan fingerprint density at radius 2 is 1.82 bits per heavy atom. The highest BCUT2D eigenvalue weighted by molar-refractivity contribution is 7.80. The standard InChI is InChI=1S/C14H22N2S/c1-4-11-9-7-8-10-13(11)16-14(17)15-12(5-2)6-3/h7-10,12H,4-6H2,1-3H3,(H2,15,16,17). The molecule has 2 nitrogen and oxygen atoms in total. The first-order valence-corrected chi connectivity index (χ1v) is 6.77. The van der Waals surface area contributed by atoms with E-state index in [1.165, 1.54) is 5.56 Å². The van der Waals surface area contributed by atoms with Crippen molar-refractivity contribution >= 4 is 23.0 Å². The second-order valence-electron chi connectivity index (χ2n) is 4.12. The van der Waals surface area contributed by atoms with Gasteiger partial charge in [0.05, 0.1) is 0 Å². The third-order valence-corrected chi connectivity index (χ3v) is 3.19. The van der Waals surface area contributed by atoms with Crippen LogP contribution in [-0.2, 0) is 6.42 Å². The number of hydrogen-bond acceptors (Lipinski definition) is 1. The van der Waals surface area contributed by atoms with Gasteiger partial charge in [-0.1, -0.05) is 39.0 Å². The van der Waals surface area contributed by atoms with Crippen LogP contribution >= 0.6 is 12.2 Å². The van der Waals surface area contributed by atoms with E-state index in [4.69, 9.17) is 12.2 Å². The van der Waals surface area contributed by atoms with Crippen molar-refractivity contribution in [3.8, 4) is 0 Å². The zero-order valence-electron chi connectivity index (χ0n) is 10.9. The van der Waals surface area contributed by atoms with E-state index in [0.717, 1.165) is 30.1 Å². The number of anilines is 1. The van der Waals surface area contributed by atoms with Crippen LogP contribution in [0.25, 0.3) is 0 Å². The zero-order valence-corrected chi connectivity index (χ0v) is 11.7. The van der Waals surface area contributed by atoms with Crippen LogP contribution in [-0.4, -0.2) is 11.2 Å². The minimum Gasteiger partial charge on any atom is -0.360 e. The van der Waals surface area contributed by atoms with Crippen LogP contribution in [0.4, 0.5) is 5.69 Å². The Kier molecular flexibility index (Phi) is 5.98. The van der Waals surface area contributed by atoms with Crippen LogP contribution in [0.3, 0.4) is 0 Å². The minimum absolute atomic E-state index is 0.462. The second kappa shape index (κ2) is 7.28. The van der Waals surface area contributed by atoms with Gasteiger partial charge in [-0.3, -0.25) is 0 Å². The highest BCUT2D eigenvalue weighted by Gasteiger charge is 2.06. The molecule has 0 aliphatic rings. The molecule has 0 aliphatic carbocycles. The summed E-state index contributed by atoms with van der Waals surface area (Å²) in [6.07, 6.45) is 3.19. The summed E-state index contributed by atoms with van der Waals surface area (Å²) in [6, 6.07) is 8.74. The Hall–Kier alpha value is -1.09. The largest absolute Gasteiger partial charge is 0.360 e. The molecule has 1 rings (SSSR count). The van der Waals surface area contributed by atoms with Gasteiger partial charge in [-0.05, 0) is 43.1 Å². The van der Waals surface area contributed by atoms with Crippen molar-refractivity contribution in [1.82, 2.24) is 5.32 Å². The average Bonchev–Trinajstić information content (AvgIpc) is 2.36. The Balaban J connectivity index is 2.61. The molecule has 3 heteroatoms. The Morgan fingerprint density at radius 3 is 2.41 bits per heavy atom. The maximum absolute atomic E-state index is 5.33. The summed E-state index contributed by atoms with van der Waals surface area (Å²) in [5.41, 5.74) is 2.40. The van der Waals surface area contributed by atoms with E-state index in [-0.39, 0.29) is 0 Å². The Labute approximate surface area is 110 Å². The number of benzene rings is 1. The molecular weight excluding hydrogens is 228 g/mol. The predicted octanol–water partition coefficient (Wildman–Crippen LogP) is 3.72. The quantitative estimate of drug-likeness (QED) is 0.779. The lowest BCUT2D eigenvalue weighted by Gasteiger charge is -2.19. The average molecular weight is 250 g/mol. The second-order valence-corrected chi connectivity index (χ2v) is 4.53. The van der Waals surface area contributed by atoms with Crippen LogP contribution < -0.4 is 10.6 Å². The van der Waals surface area contributed by atoms with Crippen molar-refractivity contribution in [2.75, 3.05) is 5.32 Å². The van der Waals surface area contributed by atoms with E-state index in [0.29, 0.717) is 6.04 Å². The summed E-state index contributed by atoms with van der Waals surface area (Å²) in [4.78, 5) is 0. The molecule has 0 saturated carbocycles. The fraction of sp³-hybridized carbons (Fsp3) is 0.500. The number of rotatable bonds is 5. The molecule has 0 aliphatic heterocycles. The molecule has 0 unspecified atom stereocenters. The van der Waals surface area contributed by atoms with Gasteiger partial charge in [-0.25, -0.2) is 0 Å². The minimum atomic E-state index is 0.462. The number of nitrogens with one attached hydrogen (secondary N) is 2. The third kappa shape index (κ3) is 4.35. The summed E-state index contributed by atoms with van der Waals surface area (Å²) >= 11 is 5.33. The van der Waals surface area contributed by atoms with Crippen LogP contribution in [0.5, 0.6) is 0 Å². The van der Waals surface area contributed by atoms with Crippen molar-refractivity contribution in [2.24, 2.45) is 0 Å². The molecule has 0 fully saturated rings. The van der Waals surface area contributed by atoms with Gasteiger partial charge in [0.25, 0.3) is 0 Å². The summed E-state index contributed by atoms with van der Waals surface area (Å²) in [6.45, 7) is 6.49. The fourth-order valence-electron chi connectivity index (χ4n) is 1.79. The molecule has 0 atom stereocenters. The number of hydrogen-bond donors (Lipinski definition) is 2. The molecule has 2 N–H and O–H groups in total. The van der Waals surface area contributed by atoms with E-state index in [2.05, 4.69) is 49.6 Å². The first-order valence-electron chi connectivity index (χ1n) is 6.36. The van der Waals surface area contributed by atoms with Gasteiger partial charge in [0.15, 0.2) is 5.11 Å².